The topological polar surface area (TPSA) is 69.0 Å². The zero-order valence-electron chi connectivity index (χ0n) is 18.5. The number of nitrogens with zero attached hydrogens (tertiary/aromatic N) is 3. The molecule has 2 heterocycles. The smallest absolute Gasteiger partial charge is 0.253 e. The fraction of sp³-hybridized carbons (Fsp3) is 0.269. The predicted octanol–water partition coefficient (Wildman–Crippen LogP) is 4.84. The number of hydrogen-bond acceptors (Lipinski definition) is 4. The summed E-state index contributed by atoms with van der Waals surface area (Å²) in [5.41, 5.74) is 4.99. The van der Waals surface area contributed by atoms with Gasteiger partial charge in [0, 0.05) is 18.9 Å². The van der Waals surface area contributed by atoms with Crippen LogP contribution in [0.1, 0.15) is 40.2 Å². The van der Waals surface area contributed by atoms with E-state index in [9.17, 15) is 4.79 Å². The number of nitrogens with one attached hydrogen (secondary N) is 1. The Morgan fingerprint density at radius 1 is 1.03 bits per heavy atom. The van der Waals surface area contributed by atoms with E-state index in [0.717, 1.165) is 42.0 Å². The summed E-state index contributed by atoms with van der Waals surface area (Å²) < 4.78 is 8.19. The molecule has 0 bridgehead atoms. The molecule has 1 N–H and O–H groups in total. The normalized spacial score (nSPS) is 10.9. The summed E-state index contributed by atoms with van der Waals surface area (Å²) >= 11 is 0. The van der Waals surface area contributed by atoms with Crippen LogP contribution in [0.4, 0.5) is 0 Å². The first-order valence-corrected chi connectivity index (χ1v) is 10.9. The van der Waals surface area contributed by atoms with Gasteiger partial charge < -0.3 is 14.6 Å². The van der Waals surface area contributed by atoms with E-state index in [0.29, 0.717) is 18.7 Å². The summed E-state index contributed by atoms with van der Waals surface area (Å²) in [4.78, 5) is 21.2. The molecule has 6 nitrogen and oxygen atoms in total. The van der Waals surface area contributed by atoms with Gasteiger partial charge in [-0.15, -0.1) is 0 Å². The van der Waals surface area contributed by atoms with Crippen LogP contribution in [-0.4, -0.2) is 27.0 Å². The fourth-order valence-corrected chi connectivity index (χ4v) is 3.70. The maximum atomic E-state index is 12.4. The van der Waals surface area contributed by atoms with Crippen molar-refractivity contribution in [2.24, 2.45) is 0 Å². The first-order chi connectivity index (χ1) is 15.6. The van der Waals surface area contributed by atoms with Gasteiger partial charge in [-0.25, -0.2) is 4.98 Å². The van der Waals surface area contributed by atoms with Gasteiger partial charge in [-0.1, -0.05) is 24.3 Å². The van der Waals surface area contributed by atoms with E-state index < -0.39 is 0 Å². The van der Waals surface area contributed by atoms with Crippen LogP contribution in [-0.2, 0) is 13.1 Å². The Morgan fingerprint density at radius 2 is 1.91 bits per heavy atom. The maximum Gasteiger partial charge on any atom is 0.253 e. The van der Waals surface area contributed by atoms with Gasteiger partial charge in [0.15, 0.2) is 0 Å². The molecule has 6 heteroatoms. The summed E-state index contributed by atoms with van der Waals surface area (Å²) in [7, 11) is 0. The monoisotopic (exact) mass is 428 g/mol. The number of carbonyl (C=O) groups excluding carboxylic acids is 1. The van der Waals surface area contributed by atoms with E-state index in [-0.39, 0.29) is 5.91 Å². The summed E-state index contributed by atoms with van der Waals surface area (Å²) in [6, 6.07) is 17.7. The van der Waals surface area contributed by atoms with Crippen molar-refractivity contribution in [2.45, 2.75) is 39.8 Å². The van der Waals surface area contributed by atoms with Crippen LogP contribution in [0.3, 0.4) is 0 Å². The molecule has 4 rings (SSSR count). The van der Waals surface area contributed by atoms with Crippen molar-refractivity contribution >= 4 is 16.9 Å². The first kappa shape index (κ1) is 21.6. The molecule has 2 aromatic carbocycles. The molecule has 0 saturated heterocycles. The van der Waals surface area contributed by atoms with Crippen molar-refractivity contribution in [3.05, 3.63) is 89.5 Å². The van der Waals surface area contributed by atoms with Crippen molar-refractivity contribution in [2.75, 3.05) is 6.61 Å². The number of ether oxygens (including phenoxy) is 1. The zero-order valence-corrected chi connectivity index (χ0v) is 18.5. The molecule has 0 aliphatic heterocycles. The molecule has 0 saturated carbocycles. The minimum Gasteiger partial charge on any atom is -0.493 e. The number of aromatic nitrogens is 3. The second kappa shape index (κ2) is 10.1. The van der Waals surface area contributed by atoms with Crippen molar-refractivity contribution in [3.8, 4) is 5.75 Å². The predicted molar refractivity (Wildman–Crippen MR) is 126 cm³/mol. The van der Waals surface area contributed by atoms with Crippen LogP contribution in [0.15, 0.2) is 67.0 Å². The number of carbonyl (C=O) groups is 1. The summed E-state index contributed by atoms with van der Waals surface area (Å²) in [5.74, 6) is 1.65. The van der Waals surface area contributed by atoms with Crippen molar-refractivity contribution in [3.63, 3.8) is 0 Å². The molecule has 1 amide bonds. The lowest BCUT2D eigenvalue weighted by Crippen LogP contribution is -2.25. The van der Waals surface area contributed by atoms with Gasteiger partial charge in [-0.05, 0) is 68.1 Å². The van der Waals surface area contributed by atoms with E-state index in [1.807, 2.05) is 30.3 Å². The highest BCUT2D eigenvalue weighted by Gasteiger charge is 2.12. The summed E-state index contributed by atoms with van der Waals surface area (Å²) in [6.07, 6.45) is 5.10. The van der Waals surface area contributed by atoms with Crippen molar-refractivity contribution in [1.82, 2.24) is 19.9 Å². The van der Waals surface area contributed by atoms with Crippen LogP contribution in [0, 0.1) is 13.8 Å². The summed E-state index contributed by atoms with van der Waals surface area (Å²) in [6.45, 7) is 6.04. The number of para-hydroxylation sites is 2. The standard InChI is InChI=1S/C26H28N4O2/c1-19-9-7-13-24(20(19)2)32-16-6-5-15-30-23-12-4-3-11-22(23)29-25(30)18-28-26(31)21-10-8-14-27-17-21/h3-4,7-14,17H,5-6,15-16,18H2,1-2H3,(H,28,31). The van der Waals surface area contributed by atoms with Crippen molar-refractivity contribution < 1.29 is 9.53 Å². The average Bonchev–Trinajstić information content (AvgIpc) is 3.18. The number of unbranched alkanes of at least 4 members (excludes halogenated alkanes) is 1. The Hall–Kier alpha value is -3.67. The average molecular weight is 429 g/mol. The summed E-state index contributed by atoms with van der Waals surface area (Å²) in [5, 5.41) is 2.96. The van der Waals surface area contributed by atoms with Crippen LogP contribution in [0.25, 0.3) is 11.0 Å². The van der Waals surface area contributed by atoms with E-state index in [4.69, 9.17) is 9.72 Å². The minimum absolute atomic E-state index is 0.154. The molecule has 0 fully saturated rings. The largest absolute Gasteiger partial charge is 0.493 e. The number of hydrogen-bond donors (Lipinski definition) is 1. The number of amides is 1. The number of aryl methyl sites for hydroxylation is 2. The van der Waals surface area contributed by atoms with Gasteiger partial charge in [0.2, 0.25) is 0 Å². The molecule has 4 aromatic rings. The van der Waals surface area contributed by atoms with Crippen LogP contribution in [0.5, 0.6) is 5.75 Å². The second-order valence-corrected chi connectivity index (χ2v) is 7.85. The third-order valence-electron chi connectivity index (χ3n) is 5.65. The SMILES string of the molecule is Cc1cccc(OCCCCn2c(CNC(=O)c3cccnc3)nc3ccccc32)c1C. The number of rotatable bonds is 9. The highest BCUT2D eigenvalue weighted by molar-refractivity contribution is 5.93. The molecule has 0 aliphatic carbocycles. The van der Waals surface area contributed by atoms with E-state index in [2.05, 4.69) is 40.8 Å². The fourth-order valence-electron chi connectivity index (χ4n) is 3.70. The number of fused-ring (bicyclic) bond motifs is 1. The van der Waals surface area contributed by atoms with Gasteiger partial charge in [0.1, 0.15) is 11.6 Å². The molecule has 164 valence electrons. The molecule has 0 atom stereocenters. The highest BCUT2D eigenvalue weighted by Crippen LogP contribution is 2.21. The molecular weight excluding hydrogens is 400 g/mol. The van der Waals surface area contributed by atoms with Crippen LogP contribution in [0.2, 0.25) is 0 Å². The van der Waals surface area contributed by atoms with Gasteiger partial charge in [-0.2, -0.15) is 0 Å². The van der Waals surface area contributed by atoms with Crippen molar-refractivity contribution in [1.29, 1.82) is 0 Å². The van der Waals surface area contributed by atoms with Gasteiger partial charge in [0.25, 0.3) is 5.91 Å². The van der Waals surface area contributed by atoms with Crippen LogP contribution < -0.4 is 10.1 Å². The Kier molecular flexibility index (Phi) is 6.80. The number of benzene rings is 2. The lowest BCUT2D eigenvalue weighted by atomic mass is 10.1. The second-order valence-electron chi connectivity index (χ2n) is 7.85. The van der Waals surface area contributed by atoms with Gasteiger partial charge in [-0.3, -0.25) is 9.78 Å². The Bertz CT molecular complexity index is 1200. The van der Waals surface area contributed by atoms with Gasteiger partial charge >= 0.3 is 0 Å². The molecule has 0 aliphatic rings. The molecule has 32 heavy (non-hydrogen) atoms. The first-order valence-electron chi connectivity index (χ1n) is 10.9. The Morgan fingerprint density at radius 3 is 2.75 bits per heavy atom. The molecular formula is C26H28N4O2. The Balaban J connectivity index is 1.38. The lowest BCUT2D eigenvalue weighted by molar-refractivity contribution is 0.0949. The molecule has 0 unspecified atom stereocenters. The third kappa shape index (κ3) is 4.97. The zero-order chi connectivity index (χ0) is 22.3. The quantitative estimate of drug-likeness (QED) is 0.388. The minimum atomic E-state index is -0.154. The molecule has 0 radical (unpaired) electrons. The van der Waals surface area contributed by atoms with Crippen LogP contribution >= 0.6 is 0 Å². The Labute approximate surface area is 188 Å². The number of imidazole rings is 1. The lowest BCUT2D eigenvalue weighted by Gasteiger charge is -2.12. The number of pyridine rings is 1. The van der Waals surface area contributed by atoms with E-state index >= 15 is 0 Å². The van der Waals surface area contributed by atoms with E-state index in [1.54, 1.807) is 24.5 Å². The molecule has 0 spiro atoms. The molecule has 2 aromatic heterocycles. The third-order valence-corrected chi connectivity index (χ3v) is 5.65. The highest BCUT2D eigenvalue weighted by atomic mass is 16.5. The maximum absolute atomic E-state index is 12.4. The van der Waals surface area contributed by atoms with E-state index in [1.165, 1.54) is 11.1 Å². The van der Waals surface area contributed by atoms with Gasteiger partial charge in [0.05, 0.1) is 29.7 Å².